The first-order valence-electron chi connectivity index (χ1n) is 9.04. The van der Waals surface area contributed by atoms with E-state index < -0.39 is 79.4 Å². The number of aliphatic carboxylic acids is 2. The number of carbonyl (C=O) groups is 2. The van der Waals surface area contributed by atoms with Crippen LogP contribution in [0.2, 0.25) is 0 Å². The first-order valence-corrected chi connectivity index (χ1v) is 9.04. The van der Waals surface area contributed by atoms with E-state index in [2.05, 4.69) is 0 Å². The van der Waals surface area contributed by atoms with E-state index in [1.165, 1.54) is 7.11 Å². The van der Waals surface area contributed by atoms with Crippen LogP contribution in [-0.4, -0.2) is 104 Å². The molecular weight excluding hydrogens is 419 g/mol. The van der Waals surface area contributed by atoms with Crippen molar-refractivity contribution in [1.29, 1.82) is 0 Å². The van der Waals surface area contributed by atoms with Crippen molar-refractivity contribution in [2.45, 2.75) is 55.9 Å². The summed E-state index contributed by atoms with van der Waals surface area (Å²) >= 11 is 0. The predicted molar refractivity (Wildman–Crippen MR) is 86.6 cm³/mol. The van der Waals surface area contributed by atoms with E-state index in [9.17, 15) is 35.1 Å². The Morgan fingerprint density at radius 2 is 1.50 bits per heavy atom. The van der Waals surface area contributed by atoms with E-state index in [1.54, 1.807) is 6.92 Å². The van der Waals surface area contributed by atoms with Crippen molar-refractivity contribution >= 4 is 11.9 Å². The zero-order chi connectivity index (χ0) is 21.9. The first kappa shape index (κ1) is 27.7. The van der Waals surface area contributed by atoms with E-state index in [4.69, 9.17) is 23.7 Å². The van der Waals surface area contributed by atoms with Crippen molar-refractivity contribution in [2.75, 3.05) is 27.4 Å². The molecule has 13 heteroatoms. The number of aliphatic hydroxyl groups is 3. The van der Waals surface area contributed by atoms with Crippen molar-refractivity contribution in [3.63, 3.8) is 0 Å². The Morgan fingerprint density at radius 1 is 0.900 bits per heavy atom. The average molecular weight is 445 g/mol. The molecule has 0 radical (unpaired) electrons. The Labute approximate surface area is 195 Å². The van der Waals surface area contributed by atoms with Gasteiger partial charge in [-0.1, -0.05) is 6.92 Å². The first-order chi connectivity index (χ1) is 13.6. The third-order valence-corrected chi connectivity index (χ3v) is 5.32. The summed E-state index contributed by atoms with van der Waals surface area (Å²) in [5.41, 5.74) is 0. The van der Waals surface area contributed by atoms with Crippen molar-refractivity contribution in [3.8, 4) is 0 Å². The molecule has 2 heterocycles. The molecular formula is C17H26NaO12-. The number of carboxylic acids is 2. The Kier molecular flexibility index (Phi) is 11.1. The fourth-order valence-corrected chi connectivity index (χ4v) is 3.64. The Balaban J connectivity index is 0.00000450. The number of rotatable bonds is 8. The van der Waals surface area contributed by atoms with Crippen LogP contribution < -0.4 is 39.8 Å². The quantitative estimate of drug-likeness (QED) is 0.300. The van der Waals surface area contributed by atoms with Crippen molar-refractivity contribution in [2.24, 2.45) is 11.8 Å². The molecule has 0 aromatic rings. The van der Waals surface area contributed by atoms with Gasteiger partial charge in [-0.05, 0) is 0 Å². The molecule has 0 aliphatic carbocycles. The molecule has 0 spiro atoms. The van der Waals surface area contributed by atoms with Gasteiger partial charge in [-0.15, -0.1) is 0 Å². The van der Waals surface area contributed by atoms with Crippen LogP contribution in [0.25, 0.3) is 0 Å². The minimum Gasteiger partial charge on any atom is -0.547 e. The molecule has 2 fully saturated rings. The largest absolute Gasteiger partial charge is 1.00 e. The average Bonchev–Trinajstić information content (AvgIpc) is 2.67. The molecule has 10 unspecified atom stereocenters. The van der Waals surface area contributed by atoms with E-state index in [0.717, 1.165) is 7.11 Å². The Bertz CT molecular complexity index is 577. The number of carboxylic acid groups (broad SMARTS) is 2. The Hall–Kier alpha value is -0.380. The van der Waals surface area contributed by atoms with Crippen LogP contribution in [-0.2, 0) is 33.3 Å². The summed E-state index contributed by atoms with van der Waals surface area (Å²) in [5, 5.41) is 53.2. The topological polar surface area (TPSA) is 187 Å². The molecule has 12 nitrogen and oxygen atoms in total. The summed E-state index contributed by atoms with van der Waals surface area (Å²) in [6.45, 7) is 0.882. The van der Waals surface area contributed by atoms with Gasteiger partial charge in [-0.3, -0.25) is 0 Å². The number of aliphatic hydroxyl groups excluding tert-OH is 3. The summed E-state index contributed by atoms with van der Waals surface area (Å²) in [4.78, 5) is 22.6. The molecule has 2 saturated heterocycles. The fraction of sp³-hybridized carbons (Fsp3) is 0.882. The van der Waals surface area contributed by atoms with Crippen LogP contribution in [0.15, 0.2) is 0 Å². The monoisotopic (exact) mass is 445 g/mol. The molecule has 3 N–H and O–H groups in total. The van der Waals surface area contributed by atoms with Crippen LogP contribution in [0.5, 0.6) is 0 Å². The van der Waals surface area contributed by atoms with Crippen LogP contribution in [0.1, 0.15) is 6.92 Å². The smallest absolute Gasteiger partial charge is 0.547 e. The summed E-state index contributed by atoms with van der Waals surface area (Å²) < 4.78 is 25.8. The van der Waals surface area contributed by atoms with Crippen molar-refractivity contribution in [1.82, 2.24) is 0 Å². The number of hydrogen-bond donors (Lipinski definition) is 3. The fourth-order valence-electron chi connectivity index (χ4n) is 3.64. The molecule has 0 amide bonds. The zero-order valence-corrected chi connectivity index (χ0v) is 19.2. The maximum absolute atomic E-state index is 11.4. The summed E-state index contributed by atoms with van der Waals surface area (Å²) in [5.74, 6) is -4.78. The van der Waals surface area contributed by atoms with Crippen molar-refractivity contribution in [3.05, 3.63) is 0 Å². The number of methoxy groups -OCH3 is 2. The van der Waals surface area contributed by atoms with Crippen LogP contribution in [0, 0.1) is 11.8 Å². The third-order valence-electron chi connectivity index (χ3n) is 5.32. The van der Waals surface area contributed by atoms with Gasteiger partial charge in [0.1, 0.15) is 36.6 Å². The number of carbonyl (C=O) groups excluding carboxylic acids is 2. The second-order valence-corrected chi connectivity index (χ2v) is 7.13. The SMILES string of the molecule is COC1OC(C(=O)[O-])C(COCC2OC(C(=O)[O-])C(OC)C(O)C2O)C(O)C1C.[Na+]. The van der Waals surface area contributed by atoms with Gasteiger partial charge in [-0.2, -0.15) is 0 Å². The van der Waals surface area contributed by atoms with Crippen LogP contribution in [0.4, 0.5) is 0 Å². The molecule has 2 aliphatic rings. The van der Waals surface area contributed by atoms with Gasteiger partial charge in [-0.25, -0.2) is 0 Å². The van der Waals surface area contributed by atoms with Gasteiger partial charge in [0.2, 0.25) is 0 Å². The molecule has 0 saturated carbocycles. The number of ether oxygens (including phenoxy) is 5. The molecule has 2 aliphatic heterocycles. The van der Waals surface area contributed by atoms with Crippen LogP contribution >= 0.6 is 0 Å². The normalized spacial score (nSPS) is 41.7. The third kappa shape index (κ3) is 5.90. The molecule has 168 valence electrons. The van der Waals surface area contributed by atoms with Gasteiger partial charge in [0, 0.05) is 26.1 Å². The molecule has 10 atom stereocenters. The zero-order valence-electron chi connectivity index (χ0n) is 17.2. The van der Waals surface area contributed by atoms with Gasteiger partial charge in [0.15, 0.2) is 6.29 Å². The van der Waals surface area contributed by atoms with E-state index >= 15 is 0 Å². The Morgan fingerprint density at radius 3 is 2.00 bits per heavy atom. The summed E-state index contributed by atoms with van der Waals surface area (Å²) in [6, 6.07) is 0. The van der Waals surface area contributed by atoms with E-state index in [0.29, 0.717) is 0 Å². The van der Waals surface area contributed by atoms with Crippen LogP contribution in [0.3, 0.4) is 0 Å². The maximum Gasteiger partial charge on any atom is 1.00 e. The predicted octanol–water partition coefficient (Wildman–Crippen LogP) is -8.00. The molecule has 0 bridgehead atoms. The molecule has 0 aromatic carbocycles. The van der Waals surface area contributed by atoms with Crippen molar-refractivity contribution < 1.29 is 88.4 Å². The van der Waals surface area contributed by atoms with E-state index in [1.807, 2.05) is 0 Å². The van der Waals surface area contributed by atoms with Gasteiger partial charge >= 0.3 is 29.6 Å². The van der Waals surface area contributed by atoms with Gasteiger partial charge < -0.3 is 58.8 Å². The van der Waals surface area contributed by atoms with E-state index in [-0.39, 0.29) is 36.2 Å². The summed E-state index contributed by atoms with van der Waals surface area (Å²) in [6.07, 6.45) is -11.0. The maximum atomic E-state index is 11.4. The minimum atomic E-state index is -1.64. The molecule has 0 aromatic heterocycles. The molecule has 30 heavy (non-hydrogen) atoms. The minimum absolute atomic E-state index is 0. The van der Waals surface area contributed by atoms with Gasteiger partial charge in [0.25, 0.3) is 0 Å². The van der Waals surface area contributed by atoms with Gasteiger partial charge in [0.05, 0.1) is 31.3 Å². The second kappa shape index (κ2) is 12.0. The number of hydrogen-bond acceptors (Lipinski definition) is 12. The standard InChI is InChI=1S/C17H28O12.Na/c1-6-9(18)7(12(15(21)22)29-17(6)26-3)4-27-5-8-10(19)11(20)13(25-2)14(28-8)16(23)24;/h6-14,17-20H,4-5H2,1-3H3,(H,21,22)(H,23,24);/q;+1/p-2. The molecule has 2 rings (SSSR count). The second-order valence-electron chi connectivity index (χ2n) is 7.13. The summed E-state index contributed by atoms with van der Waals surface area (Å²) in [7, 11) is 2.46.